The fourth-order valence-electron chi connectivity index (χ4n) is 1.58. The van der Waals surface area contributed by atoms with Crippen molar-refractivity contribution in [1.29, 1.82) is 0 Å². The lowest BCUT2D eigenvalue weighted by Crippen LogP contribution is -2.36. The topological polar surface area (TPSA) is 97.1 Å². The van der Waals surface area contributed by atoms with Gasteiger partial charge in [-0.15, -0.1) is 0 Å². The Morgan fingerprint density at radius 3 is 3.06 bits per heavy atom. The summed E-state index contributed by atoms with van der Waals surface area (Å²) in [6, 6.07) is 3.07. The van der Waals surface area contributed by atoms with Crippen LogP contribution >= 0.6 is 0 Å². The number of carbonyl (C=O) groups excluding carboxylic acids is 2. The molecule has 1 aliphatic heterocycles. The van der Waals surface area contributed by atoms with Gasteiger partial charge < -0.3 is 16.4 Å². The molecule has 0 radical (unpaired) electrons. The van der Waals surface area contributed by atoms with Crippen LogP contribution in [0.1, 0.15) is 16.8 Å². The summed E-state index contributed by atoms with van der Waals surface area (Å²) in [5.74, 6) is -0.158. The summed E-state index contributed by atoms with van der Waals surface area (Å²) in [5.41, 5.74) is 5.90. The predicted molar refractivity (Wildman–Crippen MR) is 57.5 cm³/mol. The lowest BCUT2D eigenvalue weighted by atomic mass is 10.2. The van der Waals surface area contributed by atoms with E-state index in [2.05, 4.69) is 15.6 Å². The molecule has 0 spiro atoms. The molecule has 0 bridgehead atoms. The third-order valence-corrected chi connectivity index (χ3v) is 2.40. The van der Waals surface area contributed by atoms with Crippen molar-refractivity contribution in [2.24, 2.45) is 0 Å². The zero-order chi connectivity index (χ0) is 11.5. The monoisotopic (exact) mass is 220 g/mol. The highest BCUT2D eigenvalue weighted by atomic mass is 16.2. The van der Waals surface area contributed by atoms with Crippen molar-refractivity contribution in [3.8, 4) is 0 Å². The van der Waals surface area contributed by atoms with Gasteiger partial charge in [-0.1, -0.05) is 0 Å². The van der Waals surface area contributed by atoms with Crippen LogP contribution in [0.3, 0.4) is 0 Å². The Morgan fingerprint density at radius 2 is 2.44 bits per heavy atom. The number of nitrogens with two attached hydrogens (primary N) is 1. The van der Waals surface area contributed by atoms with E-state index in [1.54, 1.807) is 12.1 Å². The molecule has 84 valence electrons. The molecular weight excluding hydrogens is 208 g/mol. The van der Waals surface area contributed by atoms with Crippen LogP contribution in [0.2, 0.25) is 0 Å². The molecule has 1 atom stereocenters. The maximum atomic E-state index is 11.8. The van der Waals surface area contributed by atoms with Crippen LogP contribution in [0.4, 0.5) is 5.82 Å². The van der Waals surface area contributed by atoms with Gasteiger partial charge in [0.1, 0.15) is 5.82 Å². The number of nitrogens with zero attached hydrogens (tertiary/aromatic N) is 1. The Kier molecular flexibility index (Phi) is 2.72. The minimum absolute atomic E-state index is 0.0514. The molecule has 6 nitrogen and oxygen atoms in total. The van der Waals surface area contributed by atoms with Gasteiger partial charge in [-0.3, -0.25) is 9.59 Å². The number of nitrogen functional groups attached to an aromatic ring is 1. The number of aromatic nitrogens is 1. The van der Waals surface area contributed by atoms with E-state index in [0.717, 1.165) is 0 Å². The van der Waals surface area contributed by atoms with Gasteiger partial charge in [-0.2, -0.15) is 0 Å². The molecule has 1 fully saturated rings. The van der Waals surface area contributed by atoms with E-state index in [1.807, 2.05) is 0 Å². The summed E-state index contributed by atoms with van der Waals surface area (Å²) < 4.78 is 0. The van der Waals surface area contributed by atoms with E-state index < -0.39 is 0 Å². The molecule has 1 saturated heterocycles. The van der Waals surface area contributed by atoms with Crippen LogP contribution in [-0.2, 0) is 4.79 Å². The van der Waals surface area contributed by atoms with Crippen molar-refractivity contribution in [3.05, 3.63) is 23.9 Å². The maximum Gasteiger partial charge on any atom is 0.255 e. The molecule has 1 aromatic heterocycles. The van der Waals surface area contributed by atoms with Crippen molar-refractivity contribution in [2.75, 3.05) is 12.3 Å². The number of amides is 2. The van der Waals surface area contributed by atoms with Crippen molar-refractivity contribution in [1.82, 2.24) is 15.6 Å². The Morgan fingerprint density at radius 1 is 1.62 bits per heavy atom. The van der Waals surface area contributed by atoms with Crippen molar-refractivity contribution >= 4 is 17.6 Å². The second kappa shape index (κ2) is 4.18. The van der Waals surface area contributed by atoms with Gasteiger partial charge in [-0.25, -0.2) is 4.98 Å². The first-order valence-corrected chi connectivity index (χ1v) is 4.95. The first kappa shape index (κ1) is 10.4. The van der Waals surface area contributed by atoms with Crippen LogP contribution in [0.15, 0.2) is 18.3 Å². The molecule has 1 aromatic rings. The van der Waals surface area contributed by atoms with Gasteiger partial charge in [0.2, 0.25) is 5.91 Å². The van der Waals surface area contributed by atoms with Crippen LogP contribution < -0.4 is 16.4 Å². The number of anilines is 1. The Balaban J connectivity index is 2.03. The van der Waals surface area contributed by atoms with Crippen LogP contribution in [0.25, 0.3) is 0 Å². The zero-order valence-electron chi connectivity index (χ0n) is 8.56. The molecular formula is C10H12N4O2. The number of hydrogen-bond acceptors (Lipinski definition) is 4. The van der Waals surface area contributed by atoms with E-state index in [4.69, 9.17) is 5.73 Å². The van der Waals surface area contributed by atoms with Gasteiger partial charge in [0.05, 0.1) is 11.6 Å². The highest BCUT2D eigenvalue weighted by Crippen LogP contribution is 2.08. The van der Waals surface area contributed by atoms with E-state index in [-0.39, 0.29) is 23.7 Å². The quantitative estimate of drug-likeness (QED) is 0.612. The summed E-state index contributed by atoms with van der Waals surface area (Å²) in [4.78, 5) is 26.5. The molecule has 2 rings (SSSR count). The fourth-order valence-corrected chi connectivity index (χ4v) is 1.58. The SMILES string of the molecule is Nc1ncccc1C(=O)NC1CNC(=O)C1. The van der Waals surface area contributed by atoms with Gasteiger partial charge in [0.15, 0.2) is 0 Å². The van der Waals surface area contributed by atoms with E-state index in [1.165, 1.54) is 6.20 Å². The Labute approximate surface area is 92.2 Å². The van der Waals surface area contributed by atoms with Crippen LogP contribution in [0.5, 0.6) is 0 Å². The molecule has 0 saturated carbocycles. The zero-order valence-corrected chi connectivity index (χ0v) is 8.56. The largest absolute Gasteiger partial charge is 0.383 e. The lowest BCUT2D eigenvalue weighted by Gasteiger charge is -2.10. The smallest absolute Gasteiger partial charge is 0.255 e. The molecule has 2 amide bonds. The van der Waals surface area contributed by atoms with Crippen LogP contribution in [-0.4, -0.2) is 29.4 Å². The number of pyridine rings is 1. The van der Waals surface area contributed by atoms with Crippen molar-refractivity contribution < 1.29 is 9.59 Å². The lowest BCUT2D eigenvalue weighted by molar-refractivity contribution is -0.119. The van der Waals surface area contributed by atoms with Crippen molar-refractivity contribution in [3.63, 3.8) is 0 Å². The first-order chi connectivity index (χ1) is 7.66. The standard InChI is InChI=1S/C10H12N4O2/c11-9-7(2-1-3-12-9)10(16)14-6-4-8(15)13-5-6/h1-3,6H,4-5H2,(H2,11,12)(H,13,15)(H,14,16). The summed E-state index contributed by atoms with van der Waals surface area (Å²) >= 11 is 0. The van der Waals surface area contributed by atoms with Crippen molar-refractivity contribution in [2.45, 2.75) is 12.5 Å². The Hall–Kier alpha value is -2.11. The number of rotatable bonds is 2. The number of hydrogen-bond donors (Lipinski definition) is 3. The molecule has 1 unspecified atom stereocenters. The summed E-state index contributed by atoms with van der Waals surface area (Å²) in [5, 5.41) is 5.36. The molecule has 6 heteroatoms. The van der Waals surface area contributed by atoms with E-state index in [9.17, 15) is 9.59 Å². The fraction of sp³-hybridized carbons (Fsp3) is 0.300. The van der Waals surface area contributed by atoms with Gasteiger partial charge in [0, 0.05) is 19.2 Å². The molecule has 16 heavy (non-hydrogen) atoms. The minimum Gasteiger partial charge on any atom is -0.383 e. The van der Waals surface area contributed by atoms with Gasteiger partial charge in [0.25, 0.3) is 5.91 Å². The number of carbonyl (C=O) groups is 2. The molecule has 0 aliphatic carbocycles. The molecule has 2 heterocycles. The molecule has 0 aromatic carbocycles. The van der Waals surface area contributed by atoms with E-state index in [0.29, 0.717) is 18.5 Å². The average molecular weight is 220 g/mol. The summed E-state index contributed by atoms with van der Waals surface area (Å²) in [6.07, 6.45) is 1.83. The van der Waals surface area contributed by atoms with Gasteiger partial charge in [-0.05, 0) is 12.1 Å². The second-order valence-corrected chi connectivity index (χ2v) is 3.61. The third-order valence-electron chi connectivity index (χ3n) is 2.40. The second-order valence-electron chi connectivity index (χ2n) is 3.61. The molecule has 4 N–H and O–H groups in total. The van der Waals surface area contributed by atoms with E-state index >= 15 is 0 Å². The first-order valence-electron chi connectivity index (χ1n) is 4.95. The average Bonchev–Trinajstić information content (AvgIpc) is 2.64. The maximum absolute atomic E-state index is 11.8. The summed E-state index contributed by atoms with van der Waals surface area (Å²) in [6.45, 7) is 0.463. The predicted octanol–water partition coefficient (Wildman–Crippen LogP) is -0.718. The normalized spacial score (nSPS) is 19.2. The third kappa shape index (κ3) is 2.10. The Bertz CT molecular complexity index is 433. The minimum atomic E-state index is -0.299. The molecule has 1 aliphatic rings. The van der Waals surface area contributed by atoms with Gasteiger partial charge >= 0.3 is 0 Å². The van der Waals surface area contributed by atoms with Crippen LogP contribution in [0, 0.1) is 0 Å². The summed E-state index contributed by atoms with van der Waals surface area (Å²) in [7, 11) is 0. The highest BCUT2D eigenvalue weighted by Gasteiger charge is 2.23. The number of nitrogens with one attached hydrogen (secondary N) is 2. The highest BCUT2D eigenvalue weighted by molar-refractivity contribution is 5.98.